The maximum atomic E-state index is 12.6. The summed E-state index contributed by atoms with van der Waals surface area (Å²) in [5.74, 6) is -1.12. The van der Waals surface area contributed by atoms with E-state index >= 15 is 0 Å². The second-order valence-corrected chi connectivity index (χ2v) is 5.39. The molecule has 25 heavy (non-hydrogen) atoms. The molecule has 1 amide bonds. The molecule has 0 unspecified atom stereocenters. The van der Waals surface area contributed by atoms with Gasteiger partial charge >= 0.3 is 5.97 Å². The average molecular weight is 342 g/mol. The van der Waals surface area contributed by atoms with E-state index in [4.69, 9.17) is 4.74 Å². The number of non-ortho nitro benzene ring substituents is 1. The van der Waals surface area contributed by atoms with Crippen LogP contribution >= 0.6 is 0 Å². The van der Waals surface area contributed by atoms with Gasteiger partial charge in [0.25, 0.3) is 11.6 Å². The molecular weight excluding hydrogens is 324 g/mol. The lowest BCUT2D eigenvalue weighted by Crippen LogP contribution is -2.26. The Balaban J connectivity index is 2.31. The number of nitrogens with zero attached hydrogens (tertiary/aromatic N) is 2. The van der Waals surface area contributed by atoms with E-state index in [0.29, 0.717) is 6.54 Å². The molecule has 0 spiro atoms. The topological polar surface area (TPSA) is 89.8 Å². The van der Waals surface area contributed by atoms with Crippen molar-refractivity contribution in [2.45, 2.75) is 13.5 Å². The molecular formula is C18H18N2O5. The Labute approximate surface area is 145 Å². The van der Waals surface area contributed by atoms with Gasteiger partial charge in [0.1, 0.15) is 0 Å². The first-order valence-electron chi connectivity index (χ1n) is 7.68. The van der Waals surface area contributed by atoms with Crippen molar-refractivity contribution in [3.8, 4) is 0 Å². The van der Waals surface area contributed by atoms with Gasteiger partial charge in [-0.25, -0.2) is 4.79 Å². The van der Waals surface area contributed by atoms with Crippen molar-refractivity contribution in [3.63, 3.8) is 0 Å². The van der Waals surface area contributed by atoms with Crippen LogP contribution in [0.15, 0.2) is 48.5 Å². The fourth-order valence-corrected chi connectivity index (χ4v) is 2.32. The average Bonchev–Trinajstić information content (AvgIpc) is 2.61. The Morgan fingerprint density at radius 2 is 1.76 bits per heavy atom. The summed E-state index contributed by atoms with van der Waals surface area (Å²) >= 11 is 0. The summed E-state index contributed by atoms with van der Waals surface area (Å²) in [4.78, 5) is 36.4. The first-order chi connectivity index (χ1) is 11.9. The Bertz CT molecular complexity index is 789. The number of hydrogen-bond acceptors (Lipinski definition) is 5. The van der Waals surface area contributed by atoms with Crippen molar-refractivity contribution >= 4 is 17.6 Å². The zero-order valence-electron chi connectivity index (χ0n) is 14.0. The van der Waals surface area contributed by atoms with Gasteiger partial charge in [0.2, 0.25) is 0 Å². The van der Waals surface area contributed by atoms with Gasteiger partial charge < -0.3 is 9.64 Å². The van der Waals surface area contributed by atoms with E-state index in [9.17, 15) is 19.7 Å². The van der Waals surface area contributed by atoms with Crippen LogP contribution in [-0.2, 0) is 11.3 Å². The maximum Gasteiger partial charge on any atom is 0.338 e. The summed E-state index contributed by atoms with van der Waals surface area (Å²) in [7, 11) is 1.60. The molecule has 7 heteroatoms. The van der Waals surface area contributed by atoms with Crippen molar-refractivity contribution in [2.75, 3.05) is 13.7 Å². The number of ether oxygens (including phenoxy) is 1. The van der Waals surface area contributed by atoms with Gasteiger partial charge in [0.05, 0.1) is 17.1 Å². The summed E-state index contributed by atoms with van der Waals surface area (Å²) in [6, 6.07) is 12.9. The molecule has 2 rings (SSSR count). The minimum absolute atomic E-state index is 0.0208. The normalized spacial score (nSPS) is 10.2. The van der Waals surface area contributed by atoms with E-state index in [0.717, 1.165) is 17.7 Å². The smallest absolute Gasteiger partial charge is 0.338 e. The third-order valence-electron chi connectivity index (χ3n) is 3.50. The predicted octanol–water partition coefficient (Wildman–Crippen LogP) is 3.04. The quantitative estimate of drug-likeness (QED) is 0.457. The minimum Gasteiger partial charge on any atom is -0.462 e. The molecule has 130 valence electrons. The number of hydrogen-bond donors (Lipinski definition) is 0. The van der Waals surface area contributed by atoms with E-state index in [1.165, 1.54) is 11.0 Å². The van der Waals surface area contributed by atoms with E-state index in [2.05, 4.69) is 0 Å². The van der Waals surface area contributed by atoms with Crippen molar-refractivity contribution < 1.29 is 19.2 Å². The zero-order valence-corrected chi connectivity index (χ0v) is 14.0. The molecule has 0 aliphatic heterocycles. The van der Waals surface area contributed by atoms with Gasteiger partial charge in [-0.15, -0.1) is 0 Å². The molecule has 0 saturated carbocycles. The molecule has 0 fully saturated rings. The molecule has 0 aliphatic carbocycles. The lowest BCUT2D eigenvalue weighted by Gasteiger charge is -2.17. The molecule has 0 bridgehead atoms. The minimum atomic E-state index is -0.703. The van der Waals surface area contributed by atoms with Crippen molar-refractivity contribution in [3.05, 3.63) is 75.3 Å². The first kappa shape index (κ1) is 18.1. The zero-order chi connectivity index (χ0) is 18.4. The molecule has 0 heterocycles. The van der Waals surface area contributed by atoms with E-state index in [-0.39, 0.29) is 23.4 Å². The van der Waals surface area contributed by atoms with Crippen LogP contribution in [0.3, 0.4) is 0 Å². The summed E-state index contributed by atoms with van der Waals surface area (Å²) < 4.78 is 4.87. The fourth-order valence-electron chi connectivity index (χ4n) is 2.32. The van der Waals surface area contributed by atoms with Gasteiger partial charge in [-0.1, -0.05) is 30.3 Å². The molecule has 0 saturated heterocycles. The molecule has 0 radical (unpaired) electrons. The van der Waals surface area contributed by atoms with E-state index in [1.807, 2.05) is 30.3 Å². The highest BCUT2D eigenvalue weighted by Crippen LogP contribution is 2.20. The standard InChI is InChI=1S/C18H18N2O5/c1-3-25-18(22)15-9-14(10-16(11-15)20(23)24)17(21)19(2)12-13-7-5-4-6-8-13/h4-11H,3,12H2,1-2H3. The van der Waals surface area contributed by atoms with Crippen LogP contribution in [0, 0.1) is 10.1 Å². The third kappa shape index (κ3) is 4.63. The number of nitro groups is 1. The van der Waals surface area contributed by atoms with Crippen LogP contribution in [0.4, 0.5) is 5.69 Å². The molecule has 0 atom stereocenters. The van der Waals surface area contributed by atoms with E-state index < -0.39 is 16.8 Å². The second-order valence-electron chi connectivity index (χ2n) is 5.39. The Morgan fingerprint density at radius 3 is 2.36 bits per heavy atom. The van der Waals surface area contributed by atoms with Crippen LogP contribution < -0.4 is 0 Å². The summed E-state index contributed by atoms with van der Waals surface area (Å²) in [6.07, 6.45) is 0. The number of carbonyl (C=O) groups is 2. The first-order valence-corrected chi connectivity index (χ1v) is 7.68. The van der Waals surface area contributed by atoms with Gasteiger partial charge in [-0.3, -0.25) is 14.9 Å². The highest BCUT2D eigenvalue weighted by Gasteiger charge is 2.20. The van der Waals surface area contributed by atoms with E-state index in [1.54, 1.807) is 14.0 Å². The van der Waals surface area contributed by atoms with Crippen LogP contribution in [0.25, 0.3) is 0 Å². The SMILES string of the molecule is CCOC(=O)c1cc(C(=O)N(C)Cc2ccccc2)cc([N+](=O)[O-])c1. The van der Waals surface area contributed by atoms with Gasteiger partial charge in [0.15, 0.2) is 0 Å². The Morgan fingerprint density at radius 1 is 1.12 bits per heavy atom. The number of nitro benzene ring substituents is 1. The highest BCUT2D eigenvalue weighted by molar-refractivity contribution is 5.98. The largest absolute Gasteiger partial charge is 0.462 e. The van der Waals surface area contributed by atoms with Crippen molar-refractivity contribution in [2.24, 2.45) is 0 Å². The lowest BCUT2D eigenvalue weighted by molar-refractivity contribution is -0.384. The molecule has 0 N–H and O–H groups in total. The monoisotopic (exact) mass is 342 g/mol. The van der Waals surface area contributed by atoms with Crippen LogP contribution in [0.5, 0.6) is 0 Å². The van der Waals surface area contributed by atoms with Crippen molar-refractivity contribution in [1.82, 2.24) is 4.90 Å². The number of rotatable bonds is 6. The lowest BCUT2D eigenvalue weighted by atomic mass is 10.1. The number of esters is 1. The van der Waals surface area contributed by atoms with Crippen molar-refractivity contribution in [1.29, 1.82) is 0 Å². The van der Waals surface area contributed by atoms with Gasteiger partial charge in [0, 0.05) is 31.3 Å². The summed E-state index contributed by atoms with van der Waals surface area (Å²) in [5.41, 5.74) is 0.639. The Hall–Kier alpha value is -3.22. The summed E-state index contributed by atoms with van der Waals surface area (Å²) in [5, 5.41) is 11.1. The molecule has 2 aromatic rings. The molecule has 0 aromatic heterocycles. The number of benzene rings is 2. The fraction of sp³-hybridized carbons (Fsp3) is 0.222. The third-order valence-corrected chi connectivity index (χ3v) is 3.50. The van der Waals surface area contributed by atoms with Crippen LogP contribution in [0.2, 0.25) is 0 Å². The number of amides is 1. The van der Waals surface area contributed by atoms with Crippen LogP contribution in [0.1, 0.15) is 33.2 Å². The molecule has 7 nitrogen and oxygen atoms in total. The number of carbonyl (C=O) groups excluding carboxylic acids is 2. The Kier molecular flexibility index (Phi) is 5.84. The molecule has 0 aliphatic rings. The van der Waals surface area contributed by atoms with Crippen LogP contribution in [-0.4, -0.2) is 35.4 Å². The maximum absolute atomic E-state index is 12.6. The summed E-state index contributed by atoms with van der Waals surface area (Å²) in [6.45, 7) is 2.12. The molecule has 2 aromatic carbocycles. The predicted molar refractivity (Wildman–Crippen MR) is 91.3 cm³/mol. The van der Waals surface area contributed by atoms with Gasteiger partial charge in [-0.2, -0.15) is 0 Å². The van der Waals surface area contributed by atoms with Gasteiger partial charge in [-0.05, 0) is 18.6 Å². The highest BCUT2D eigenvalue weighted by atomic mass is 16.6. The second kappa shape index (κ2) is 8.05.